The van der Waals surface area contributed by atoms with E-state index in [-0.39, 0.29) is 11.5 Å². The second-order valence-electron chi connectivity index (χ2n) is 5.96. The Morgan fingerprint density at radius 3 is 2.64 bits per heavy atom. The molecule has 1 aromatic carbocycles. The lowest BCUT2D eigenvalue weighted by Crippen LogP contribution is -2.48. The third-order valence-electron chi connectivity index (χ3n) is 3.90. The van der Waals surface area contributed by atoms with Crippen LogP contribution in [-0.4, -0.2) is 36.5 Å². The SMILES string of the molecule is C[C@](C#N)(NC(=O)COC(=O)CNC(=O)c1ccccc1F)C1CC1. The number of benzene rings is 1. The summed E-state index contributed by atoms with van der Waals surface area (Å²) in [4.78, 5) is 35.1. The van der Waals surface area contributed by atoms with Gasteiger partial charge in [0.1, 0.15) is 17.9 Å². The van der Waals surface area contributed by atoms with E-state index < -0.39 is 42.3 Å². The minimum atomic E-state index is -0.970. The lowest BCUT2D eigenvalue weighted by molar-refractivity contribution is -0.147. The first-order valence-corrected chi connectivity index (χ1v) is 7.76. The quantitative estimate of drug-likeness (QED) is 0.713. The Bertz CT molecular complexity index is 727. The van der Waals surface area contributed by atoms with E-state index in [0.29, 0.717) is 0 Å². The Hall–Kier alpha value is -2.95. The van der Waals surface area contributed by atoms with Gasteiger partial charge in [0.15, 0.2) is 6.61 Å². The van der Waals surface area contributed by atoms with Crippen LogP contribution in [0.15, 0.2) is 24.3 Å². The highest BCUT2D eigenvalue weighted by molar-refractivity contribution is 5.96. The number of nitrogens with one attached hydrogen (secondary N) is 2. The molecule has 0 heterocycles. The van der Waals surface area contributed by atoms with Gasteiger partial charge in [-0.15, -0.1) is 0 Å². The largest absolute Gasteiger partial charge is 0.454 e. The Kier molecular flexibility index (Phi) is 5.70. The molecule has 1 fully saturated rings. The van der Waals surface area contributed by atoms with Gasteiger partial charge < -0.3 is 15.4 Å². The van der Waals surface area contributed by atoms with Gasteiger partial charge in [-0.1, -0.05) is 12.1 Å². The number of halogens is 1. The van der Waals surface area contributed by atoms with Crippen molar-refractivity contribution in [3.05, 3.63) is 35.6 Å². The maximum absolute atomic E-state index is 13.4. The van der Waals surface area contributed by atoms with E-state index in [1.165, 1.54) is 18.2 Å². The second kappa shape index (κ2) is 7.75. The van der Waals surface area contributed by atoms with Crippen LogP contribution in [0.25, 0.3) is 0 Å². The molecule has 2 N–H and O–H groups in total. The smallest absolute Gasteiger partial charge is 0.325 e. The number of nitriles is 1. The molecule has 2 rings (SSSR count). The molecule has 0 aliphatic heterocycles. The number of nitrogens with zero attached hydrogens (tertiary/aromatic N) is 1. The van der Waals surface area contributed by atoms with E-state index in [1.54, 1.807) is 6.92 Å². The van der Waals surface area contributed by atoms with Gasteiger partial charge in [-0.05, 0) is 37.8 Å². The third-order valence-corrected chi connectivity index (χ3v) is 3.90. The van der Waals surface area contributed by atoms with E-state index in [2.05, 4.69) is 16.7 Å². The molecule has 0 spiro atoms. The summed E-state index contributed by atoms with van der Waals surface area (Å²) in [6.07, 6.45) is 1.73. The van der Waals surface area contributed by atoms with Crippen molar-refractivity contribution in [2.45, 2.75) is 25.3 Å². The molecule has 1 saturated carbocycles. The molecule has 1 aromatic rings. The molecule has 0 bridgehead atoms. The van der Waals surface area contributed by atoms with E-state index in [0.717, 1.165) is 18.9 Å². The van der Waals surface area contributed by atoms with E-state index >= 15 is 0 Å². The van der Waals surface area contributed by atoms with Gasteiger partial charge in [0.2, 0.25) is 0 Å². The van der Waals surface area contributed by atoms with Crippen molar-refractivity contribution >= 4 is 17.8 Å². The summed E-state index contributed by atoms with van der Waals surface area (Å²) < 4.78 is 18.2. The molecule has 0 unspecified atom stereocenters. The molecule has 8 heteroatoms. The third kappa shape index (κ3) is 5.01. The predicted molar refractivity (Wildman–Crippen MR) is 84.6 cm³/mol. The summed E-state index contributed by atoms with van der Waals surface area (Å²) in [5.41, 5.74) is -1.16. The summed E-state index contributed by atoms with van der Waals surface area (Å²) in [6.45, 7) is 0.565. The molecule has 0 saturated heterocycles. The van der Waals surface area contributed by atoms with Crippen molar-refractivity contribution in [3.63, 3.8) is 0 Å². The lowest BCUT2D eigenvalue weighted by atomic mass is 9.98. The van der Waals surface area contributed by atoms with Crippen molar-refractivity contribution in [1.29, 1.82) is 5.26 Å². The molecule has 1 atom stereocenters. The highest BCUT2D eigenvalue weighted by atomic mass is 19.1. The fourth-order valence-electron chi connectivity index (χ4n) is 2.30. The molecule has 0 radical (unpaired) electrons. The zero-order chi connectivity index (χ0) is 18.4. The van der Waals surface area contributed by atoms with Crippen molar-refractivity contribution in [2.24, 2.45) is 5.92 Å². The van der Waals surface area contributed by atoms with Crippen LogP contribution in [0.5, 0.6) is 0 Å². The normalized spacial score (nSPS) is 15.4. The van der Waals surface area contributed by atoms with Crippen LogP contribution in [0.3, 0.4) is 0 Å². The number of hydrogen-bond donors (Lipinski definition) is 2. The van der Waals surface area contributed by atoms with Gasteiger partial charge in [0.25, 0.3) is 11.8 Å². The van der Waals surface area contributed by atoms with Gasteiger partial charge in [-0.25, -0.2) is 4.39 Å². The number of ether oxygens (including phenoxy) is 1. The number of esters is 1. The number of hydrogen-bond acceptors (Lipinski definition) is 5. The number of carbonyl (C=O) groups excluding carboxylic acids is 3. The van der Waals surface area contributed by atoms with E-state index in [1.807, 2.05) is 0 Å². The molecule has 7 nitrogen and oxygen atoms in total. The van der Waals surface area contributed by atoms with Crippen LogP contribution in [0, 0.1) is 23.1 Å². The Morgan fingerprint density at radius 2 is 2.04 bits per heavy atom. The highest BCUT2D eigenvalue weighted by Gasteiger charge is 2.43. The van der Waals surface area contributed by atoms with Crippen LogP contribution >= 0.6 is 0 Å². The van der Waals surface area contributed by atoms with E-state index in [4.69, 9.17) is 10.00 Å². The summed E-state index contributed by atoms with van der Waals surface area (Å²) in [5, 5.41) is 13.9. The van der Waals surface area contributed by atoms with Crippen molar-refractivity contribution in [3.8, 4) is 6.07 Å². The van der Waals surface area contributed by atoms with Crippen molar-refractivity contribution in [2.75, 3.05) is 13.2 Å². The average molecular weight is 347 g/mol. The Balaban J connectivity index is 1.74. The minimum absolute atomic E-state index is 0.109. The number of amides is 2. The van der Waals surface area contributed by atoms with Gasteiger partial charge in [-0.2, -0.15) is 5.26 Å². The molecular formula is C17H18FN3O4. The Labute approximate surface area is 144 Å². The van der Waals surface area contributed by atoms with Crippen LogP contribution < -0.4 is 10.6 Å². The van der Waals surface area contributed by atoms with Crippen LogP contribution in [0.4, 0.5) is 4.39 Å². The molecule has 1 aliphatic carbocycles. The zero-order valence-electron chi connectivity index (χ0n) is 13.7. The first-order chi connectivity index (χ1) is 11.9. The van der Waals surface area contributed by atoms with Crippen LogP contribution in [-0.2, 0) is 14.3 Å². The standard InChI is InChI=1S/C17H18FN3O4/c1-17(10-19,11-6-7-11)21-14(22)9-25-15(23)8-20-16(24)12-4-2-3-5-13(12)18/h2-5,11H,6-9H2,1H3,(H,20,24)(H,21,22)/t17-/m1/s1. The average Bonchev–Trinajstić information content (AvgIpc) is 3.43. The maximum Gasteiger partial charge on any atom is 0.325 e. The Morgan fingerprint density at radius 1 is 1.36 bits per heavy atom. The van der Waals surface area contributed by atoms with Crippen molar-refractivity contribution < 1.29 is 23.5 Å². The molecule has 1 aliphatic rings. The minimum Gasteiger partial charge on any atom is -0.454 e. The zero-order valence-corrected chi connectivity index (χ0v) is 13.7. The highest BCUT2D eigenvalue weighted by Crippen LogP contribution is 2.39. The summed E-state index contributed by atoms with van der Waals surface area (Å²) in [5.74, 6) is -2.79. The summed E-state index contributed by atoms with van der Waals surface area (Å²) in [7, 11) is 0. The maximum atomic E-state index is 13.4. The summed E-state index contributed by atoms with van der Waals surface area (Å²) >= 11 is 0. The topological polar surface area (TPSA) is 108 Å². The summed E-state index contributed by atoms with van der Waals surface area (Å²) in [6, 6.07) is 7.40. The first kappa shape index (κ1) is 18.4. The second-order valence-corrected chi connectivity index (χ2v) is 5.96. The lowest BCUT2D eigenvalue weighted by Gasteiger charge is -2.22. The van der Waals surface area contributed by atoms with Gasteiger partial charge in [-0.3, -0.25) is 14.4 Å². The number of carbonyl (C=O) groups is 3. The van der Waals surface area contributed by atoms with Crippen LogP contribution in [0.2, 0.25) is 0 Å². The van der Waals surface area contributed by atoms with Gasteiger partial charge in [0.05, 0.1) is 11.6 Å². The van der Waals surface area contributed by atoms with Gasteiger partial charge in [0, 0.05) is 0 Å². The first-order valence-electron chi connectivity index (χ1n) is 7.76. The predicted octanol–water partition coefficient (Wildman–Crippen LogP) is 0.907. The fraction of sp³-hybridized carbons (Fsp3) is 0.412. The fourth-order valence-corrected chi connectivity index (χ4v) is 2.30. The number of rotatable bonds is 7. The monoisotopic (exact) mass is 347 g/mol. The molecule has 0 aromatic heterocycles. The van der Waals surface area contributed by atoms with Crippen molar-refractivity contribution in [1.82, 2.24) is 10.6 Å². The molecule has 132 valence electrons. The van der Waals surface area contributed by atoms with E-state index in [9.17, 15) is 18.8 Å². The molecular weight excluding hydrogens is 329 g/mol. The van der Waals surface area contributed by atoms with Crippen LogP contribution in [0.1, 0.15) is 30.1 Å². The van der Waals surface area contributed by atoms with Gasteiger partial charge >= 0.3 is 5.97 Å². The molecule has 25 heavy (non-hydrogen) atoms. The molecule has 2 amide bonds.